The summed E-state index contributed by atoms with van der Waals surface area (Å²) in [7, 11) is 0. The van der Waals surface area contributed by atoms with Gasteiger partial charge in [-0.25, -0.2) is 4.79 Å². The fourth-order valence-corrected chi connectivity index (χ4v) is 3.15. The molecule has 0 unspecified atom stereocenters. The molecule has 1 N–H and O–H groups in total. The standard InChI is InChI=1S/C22H17NO5/c24-19(16-6-8-18-15(12-16)7-9-20(25)23-18)13-28-22(26)21-17(10-11-27-21)14-4-2-1-3-5-14/h1-6,8,10-12H,7,9,13H2,(H,23,25). The number of furan rings is 1. The molecule has 0 aliphatic carbocycles. The number of aryl methyl sites for hydroxylation is 1. The molecule has 3 aromatic rings. The number of ether oxygens (including phenoxy) is 1. The third kappa shape index (κ3) is 3.57. The van der Waals surface area contributed by atoms with Gasteiger partial charge in [0.15, 0.2) is 12.4 Å². The Morgan fingerprint density at radius 2 is 1.86 bits per heavy atom. The minimum Gasteiger partial charge on any atom is -0.457 e. The number of rotatable bonds is 5. The molecule has 0 saturated carbocycles. The monoisotopic (exact) mass is 375 g/mol. The number of hydrogen-bond acceptors (Lipinski definition) is 5. The van der Waals surface area contributed by atoms with Gasteiger partial charge in [-0.3, -0.25) is 9.59 Å². The molecule has 140 valence electrons. The number of esters is 1. The zero-order valence-corrected chi connectivity index (χ0v) is 14.9. The number of ketones is 1. The van der Waals surface area contributed by atoms with Crippen molar-refractivity contribution in [3.8, 4) is 11.1 Å². The molecule has 0 atom stereocenters. The maximum absolute atomic E-state index is 12.4. The molecule has 1 amide bonds. The van der Waals surface area contributed by atoms with Crippen molar-refractivity contribution in [3.63, 3.8) is 0 Å². The highest BCUT2D eigenvalue weighted by Gasteiger charge is 2.21. The van der Waals surface area contributed by atoms with Crippen molar-refractivity contribution in [2.45, 2.75) is 12.8 Å². The van der Waals surface area contributed by atoms with E-state index in [0.717, 1.165) is 11.1 Å². The molecule has 0 radical (unpaired) electrons. The van der Waals surface area contributed by atoms with E-state index in [4.69, 9.17) is 9.15 Å². The average Bonchev–Trinajstić information content (AvgIpc) is 3.22. The summed E-state index contributed by atoms with van der Waals surface area (Å²) >= 11 is 0. The van der Waals surface area contributed by atoms with E-state index in [2.05, 4.69) is 5.32 Å². The lowest BCUT2D eigenvalue weighted by Crippen LogP contribution is -2.20. The van der Waals surface area contributed by atoms with Crippen LogP contribution in [0.1, 0.15) is 32.9 Å². The predicted molar refractivity (Wildman–Crippen MR) is 102 cm³/mol. The highest BCUT2D eigenvalue weighted by molar-refractivity contribution is 6.01. The van der Waals surface area contributed by atoms with E-state index >= 15 is 0 Å². The van der Waals surface area contributed by atoms with Crippen molar-refractivity contribution >= 4 is 23.3 Å². The molecule has 1 aliphatic rings. The summed E-state index contributed by atoms with van der Waals surface area (Å²) in [5.41, 5.74) is 3.49. The van der Waals surface area contributed by atoms with Crippen LogP contribution in [0.25, 0.3) is 11.1 Å². The Morgan fingerprint density at radius 1 is 1.04 bits per heavy atom. The van der Waals surface area contributed by atoms with Gasteiger partial charge in [0.1, 0.15) is 0 Å². The fraction of sp³-hybridized carbons (Fsp3) is 0.136. The maximum atomic E-state index is 12.4. The maximum Gasteiger partial charge on any atom is 0.375 e. The van der Waals surface area contributed by atoms with Gasteiger partial charge in [-0.05, 0) is 41.8 Å². The molecule has 0 bridgehead atoms. The van der Waals surface area contributed by atoms with Crippen molar-refractivity contribution < 1.29 is 23.5 Å². The molecule has 2 heterocycles. The van der Waals surface area contributed by atoms with Gasteiger partial charge in [0, 0.05) is 23.2 Å². The van der Waals surface area contributed by atoms with Crippen LogP contribution in [0.15, 0.2) is 65.3 Å². The Balaban J connectivity index is 1.44. The topological polar surface area (TPSA) is 85.6 Å². The number of carbonyl (C=O) groups is 3. The van der Waals surface area contributed by atoms with Gasteiger partial charge in [-0.2, -0.15) is 0 Å². The summed E-state index contributed by atoms with van der Waals surface area (Å²) in [5, 5.41) is 2.77. The first-order valence-corrected chi connectivity index (χ1v) is 8.88. The Labute approximate surface area is 161 Å². The first-order valence-electron chi connectivity index (χ1n) is 8.88. The van der Waals surface area contributed by atoms with Crippen molar-refractivity contribution in [3.05, 3.63) is 77.7 Å². The Morgan fingerprint density at radius 3 is 2.68 bits per heavy atom. The van der Waals surface area contributed by atoms with Gasteiger partial charge in [-0.15, -0.1) is 0 Å². The van der Waals surface area contributed by atoms with Crippen LogP contribution >= 0.6 is 0 Å². The summed E-state index contributed by atoms with van der Waals surface area (Å²) in [5.74, 6) is -0.983. The Bertz CT molecular complexity index is 1050. The van der Waals surface area contributed by atoms with Crippen LogP contribution in [-0.4, -0.2) is 24.3 Å². The van der Waals surface area contributed by atoms with Gasteiger partial charge in [0.25, 0.3) is 0 Å². The van der Waals surface area contributed by atoms with Gasteiger partial charge in [0.2, 0.25) is 11.7 Å². The van der Waals surface area contributed by atoms with Crippen LogP contribution in [-0.2, 0) is 16.0 Å². The predicted octanol–water partition coefficient (Wildman–Crippen LogP) is 3.87. The lowest BCUT2D eigenvalue weighted by Gasteiger charge is -2.17. The number of anilines is 1. The van der Waals surface area contributed by atoms with E-state index in [1.165, 1.54) is 6.26 Å². The number of carbonyl (C=O) groups excluding carboxylic acids is 3. The van der Waals surface area contributed by atoms with Crippen LogP contribution in [0.5, 0.6) is 0 Å². The average molecular weight is 375 g/mol. The number of nitrogens with one attached hydrogen (secondary N) is 1. The third-order valence-electron chi connectivity index (χ3n) is 4.59. The van der Waals surface area contributed by atoms with E-state index in [1.54, 1.807) is 24.3 Å². The molecule has 6 heteroatoms. The van der Waals surface area contributed by atoms with Gasteiger partial charge in [-0.1, -0.05) is 30.3 Å². The zero-order chi connectivity index (χ0) is 19.5. The van der Waals surface area contributed by atoms with Gasteiger partial charge < -0.3 is 14.5 Å². The molecule has 0 spiro atoms. The van der Waals surface area contributed by atoms with Gasteiger partial charge in [0.05, 0.1) is 6.26 Å². The highest BCUT2D eigenvalue weighted by atomic mass is 16.5. The van der Waals surface area contributed by atoms with Crippen molar-refractivity contribution in [2.24, 2.45) is 0 Å². The van der Waals surface area contributed by atoms with E-state index in [1.807, 2.05) is 30.3 Å². The van der Waals surface area contributed by atoms with Crippen molar-refractivity contribution in [2.75, 3.05) is 11.9 Å². The second-order valence-corrected chi connectivity index (χ2v) is 6.45. The van der Waals surface area contributed by atoms with Crippen molar-refractivity contribution in [1.82, 2.24) is 0 Å². The van der Waals surface area contributed by atoms with Crippen LogP contribution in [0.3, 0.4) is 0 Å². The lowest BCUT2D eigenvalue weighted by atomic mass is 9.99. The van der Waals surface area contributed by atoms with Crippen LogP contribution in [0.4, 0.5) is 5.69 Å². The van der Waals surface area contributed by atoms with Gasteiger partial charge >= 0.3 is 5.97 Å². The number of Topliss-reactive ketones (excluding diaryl/α,β-unsaturated/α-hetero) is 1. The summed E-state index contributed by atoms with van der Waals surface area (Å²) < 4.78 is 10.5. The number of fused-ring (bicyclic) bond motifs is 1. The Kier molecular flexibility index (Phi) is 4.76. The second kappa shape index (κ2) is 7.52. The van der Waals surface area contributed by atoms with E-state index in [0.29, 0.717) is 29.7 Å². The van der Waals surface area contributed by atoms with Crippen LogP contribution in [0, 0.1) is 0 Å². The molecule has 28 heavy (non-hydrogen) atoms. The van der Waals surface area contributed by atoms with E-state index in [-0.39, 0.29) is 24.1 Å². The molecule has 6 nitrogen and oxygen atoms in total. The summed E-state index contributed by atoms with van der Waals surface area (Å²) in [6.45, 7) is -0.390. The minimum absolute atomic E-state index is 0.0341. The molecular formula is C22H17NO5. The molecule has 1 aromatic heterocycles. The molecule has 4 rings (SSSR count). The number of hydrogen-bond donors (Lipinski definition) is 1. The minimum atomic E-state index is -0.692. The smallest absolute Gasteiger partial charge is 0.375 e. The normalized spacial score (nSPS) is 12.8. The molecule has 1 aliphatic heterocycles. The molecule has 2 aromatic carbocycles. The van der Waals surface area contributed by atoms with E-state index < -0.39 is 5.97 Å². The van der Waals surface area contributed by atoms with Crippen molar-refractivity contribution in [1.29, 1.82) is 0 Å². The zero-order valence-electron chi connectivity index (χ0n) is 14.9. The largest absolute Gasteiger partial charge is 0.457 e. The Hall–Kier alpha value is -3.67. The fourth-order valence-electron chi connectivity index (χ4n) is 3.15. The first-order chi connectivity index (χ1) is 13.6. The molecule has 0 fully saturated rings. The van der Waals surface area contributed by atoms with Crippen LogP contribution in [0.2, 0.25) is 0 Å². The third-order valence-corrected chi connectivity index (χ3v) is 4.59. The summed E-state index contributed by atoms with van der Waals surface area (Å²) in [4.78, 5) is 36.2. The summed E-state index contributed by atoms with van der Waals surface area (Å²) in [6.07, 6.45) is 2.38. The number of amides is 1. The SMILES string of the molecule is O=C1CCc2cc(C(=O)COC(=O)c3occc3-c3ccccc3)ccc2N1. The number of benzene rings is 2. The second-order valence-electron chi connectivity index (χ2n) is 6.45. The lowest BCUT2D eigenvalue weighted by molar-refractivity contribution is -0.116. The van der Waals surface area contributed by atoms with E-state index in [9.17, 15) is 14.4 Å². The first kappa shape index (κ1) is 17.7. The summed E-state index contributed by atoms with van der Waals surface area (Å²) in [6, 6.07) is 16.0. The highest BCUT2D eigenvalue weighted by Crippen LogP contribution is 2.26. The molecular weight excluding hydrogens is 358 g/mol. The quantitative estimate of drug-likeness (QED) is 0.540. The van der Waals surface area contributed by atoms with Crippen LogP contribution < -0.4 is 5.32 Å². The molecule has 0 saturated heterocycles.